The molecule has 0 aliphatic carbocycles. The van der Waals surface area contributed by atoms with Crippen molar-refractivity contribution in [2.45, 2.75) is 6.92 Å². The standard InChI is InChI=1S/C43H27N5.Pt/c1-27-11-8-12-29(25-27)47-38-20-10-15-30(42(38)46-43(47)35-17-9-16-34-31-13-2-4-18-36(31)45-41(34)35)28-22-23-33-32-14-3-5-19-37(32)48(39(33)26-28)40-21-6-7-24-44-40;/h2-25H,1H3;/q-2;+2. The van der Waals surface area contributed by atoms with Crippen LogP contribution in [0.5, 0.6) is 0 Å². The zero-order valence-corrected chi connectivity index (χ0v) is 28.7. The normalized spacial score (nSPS) is 11.6. The van der Waals surface area contributed by atoms with Crippen molar-refractivity contribution in [3.05, 3.63) is 157 Å². The van der Waals surface area contributed by atoms with Crippen LogP contribution in [0.25, 0.3) is 88.7 Å². The van der Waals surface area contributed by atoms with E-state index in [2.05, 4.69) is 137 Å². The van der Waals surface area contributed by atoms with E-state index in [0.717, 1.165) is 83.3 Å². The van der Waals surface area contributed by atoms with Crippen LogP contribution in [0.2, 0.25) is 0 Å². The topological polar surface area (TPSA) is 49.7 Å². The van der Waals surface area contributed by atoms with Gasteiger partial charge in [0.25, 0.3) is 0 Å². The number of fused-ring (bicyclic) bond motifs is 7. The van der Waals surface area contributed by atoms with Crippen molar-refractivity contribution < 1.29 is 21.1 Å². The Morgan fingerprint density at radius 3 is 2.24 bits per heavy atom. The molecule has 0 amide bonds. The van der Waals surface area contributed by atoms with Gasteiger partial charge in [0.1, 0.15) is 11.6 Å². The molecule has 0 unspecified atom stereocenters. The van der Waals surface area contributed by atoms with Crippen molar-refractivity contribution in [3.8, 4) is 34.0 Å². The molecule has 234 valence electrons. The summed E-state index contributed by atoms with van der Waals surface area (Å²) >= 11 is 0. The Kier molecular flexibility index (Phi) is 6.85. The van der Waals surface area contributed by atoms with Gasteiger partial charge in [0.2, 0.25) is 0 Å². The number of hydrogen-bond donors (Lipinski definition) is 0. The van der Waals surface area contributed by atoms with Crippen LogP contribution in [0.3, 0.4) is 0 Å². The van der Waals surface area contributed by atoms with Crippen LogP contribution in [-0.2, 0) is 21.1 Å². The Hall–Kier alpha value is -5.77. The fourth-order valence-electron chi connectivity index (χ4n) is 7.28. The average molecular weight is 809 g/mol. The van der Waals surface area contributed by atoms with E-state index >= 15 is 0 Å². The molecular weight excluding hydrogens is 782 g/mol. The minimum atomic E-state index is 0. The third-order valence-corrected chi connectivity index (χ3v) is 9.40. The fourth-order valence-corrected chi connectivity index (χ4v) is 7.28. The second-order valence-corrected chi connectivity index (χ2v) is 12.3. The first-order chi connectivity index (χ1) is 23.7. The van der Waals surface area contributed by atoms with Gasteiger partial charge >= 0.3 is 21.1 Å². The third-order valence-electron chi connectivity index (χ3n) is 9.40. The maximum absolute atomic E-state index is 5.47. The molecule has 0 spiro atoms. The molecule has 4 aromatic heterocycles. The molecular formula is C43H27N5Pt. The fraction of sp³-hybridized carbons (Fsp3) is 0.0233. The summed E-state index contributed by atoms with van der Waals surface area (Å²) in [4.78, 5) is 15.3. The van der Waals surface area contributed by atoms with Gasteiger partial charge in [-0.05, 0) is 70.6 Å². The smallest absolute Gasteiger partial charge is 0.656 e. The predicted molar refractivity (Wildman–Crippen MR) is 196 cm³/mol. The maximum Gasteiger partial charge on any atom is 2.00 e. The Bertz CT molecular complexity index is 2860. The Balaban J connectivity index is 0.00000325. The van der Waals surface area contributed by atoms with E-state index in [-0.39, 0.29) is 21.1 Å². The van der Waals surface area contributed by atoms with Crippen molar-refractivity contribution in [1.82, 2.24) is 24.1 Å². The average Bonchev–Trinajstić information content (AvgIpc) is 3.81. The summed E-state index contributed by atoms with van der Waals surface area (Å²) in [6, 6.07) is 52.5. The van der Waals surface area contributed by atoms with Gasteiger partial charge in [-0.3, -0.25) is 4.57 Å². The number of imidazole rings is 1. The summed E-state index contributed by atoms with van der Waals surface area (Å²) in [6.45, 7) is 2.13. The monoisotopic (exact) mass is 808 g/mol. The summed E-state index contributed by atoms with van der Waals surface area (Å²) in [7, 11) is 0. The Labute approximate surface area is 296 Å². The number of nitrogens with zero attached hydrogens (tertiary/aromatic N) is 5. The number of para-hydroxylation sites is 4. The number of aromatic nitrogens is 5. The summed E-state index contributed by atoms with van der Waals surface area (Å²) in [6.07, 6.45) is 1.84. The molecule has 0 N–H and O–H groups in total. The van der Waals surface area contributed by atoms with Crippen LogP contribution in [0, 0.1) is 13.0 Å². The quantitative estimate of drug-likeness (QED) is 0.167. The van der Waals surface area contributed by atoms with Crippen LogP contribution in [0.4, 0.5) is 0 Å². The first kappa shape index (κ1) is 29.4. The number of rotatable bonds is 4. The molecule has 10 aromatic rings. The maximum atomic E-state index is 5.47. The van der Waals surface area contributed by atoms with Crippen molar-refractivity contribution in [3.63, 3.8) is 0 Å². The molecule has 6 heteroatoms. The van der Waals surface area contributed by atoms with Crippen molar-refractivity contribution in [1.29, 1.82) is 0 Å². The summed E-state index contributed by atoms with van der Waals surface area (Å²) < 4.78 is 4.49. The van der Waals surface area contributed by atoms with E-state index in [9.17, 15) is 0 Å². The van der Waals surface area contributed by atoms with Gasteiger partial charge in [0.05, 0.1) is 11.0 Å². The molecule has 10 rings (SSSR count). The zero-order chi connectivity index (χ0) is 31.8. The molecule has 4 heterocycles. The SMILES string of the molecule is Cc1cccc(-n2c(-c3cccc4c3[n-]c3ccccc34)nc3c(-c4[c-]c5c(cc4)c4ccccc4n5-c4ccccn4)cccc32)c1.[Pt+2]. The Morgan fingerprint density at radius 2 is 1.37 bits per heavy atom. The van der Waals surface area contributed by atoms with Gasteiger partial charge < -0.3 is 9.55 Å². The molecule has 0 bridgehead atoms. The molecule has 0 fully saturated rings. The van der Waals surface area contributed by atoms with E-state index in [1.807, 2.05) is 30.5 Å². The van der Waals surface area contributed by atoms with Crippen LogP contribution in [0.1, 0.15) is 5.56 Å². The second kappa shape index (κ2) is 11.4. The van der Waals surface area contributed by atoms with Crippen LogP contribution >= 0.6 is 0 Å². The largest absolute Gasteiger partial charge is 2.00 e. The predicted octanol–water partition coefficient (Wildman–Crippen LogP) is 10.2. The van der Waals surface area contributed by atoms with E-state index in [0.29, 0.717) is 0 Å². The van der Waals surface area contributed by atoms with Gasteiger partial charge in [-0.15, -0.1) is 34.8 Å². The third kappa shape index (κ3) is 4.50. The number of aryl methyl sites for hydroxylation is 1. The Morgan fingerprint density at radius 1 is 0.612 bits per heavy atom. The minimum absolute atomic E-state index is 0. The molecule has 0 aliphatic heterocycles. The van der Waals surface area contributed by atoms with E-state index in [1.165, 1.54) is 10.9 Å². The van der Waals surface area contributed by atoms with E-state index in [1.54, 1.807) is 0 Å². The molecule has 0 saturated carbocycles. The molecule has 0 saturated heterocycles. The zero-order valence-electron chi connectivity index (χ0n) is 26.4. The molecule has 5 nitrogen and oxygen atoms in total. The number of benzene rings is 6. The summed E-state index contributed by atoms with van der Waals surface area (Å²) in [5.74, 6) is 1.73. The number of pyridine rings is 1. The summed E-state index contributed by atoms with van der Waals surface area (Å²) in [5.41, 5.74) is 11.2. The molecule has 6 aromatic carbocycles. The summed E-state index contributed by atoms with van der Waals surface area (Å²) in [5, 5.41) is 4.60. The van der Waals surface area contributed by atoms with Gasteiger partial charge in [0, 0.05) is 23.0 Å². The molecule has 49 heavy (non-hydrogen) atoms. The van der Waals surface area contributed by atoms with Crippen molar-refractivity contribution >= 4 is 54.6 Å². The van der Waals surface area contributed by atoms with Crippen molar-refractivity contribution in [2.75, 3.05) is 0 Å². The first-order valence-electron chi connectivity index (χ1n) is 16.1. The second-order valence-electron chi connectivity index (χ2n) is 12.3. The van der Waals surface area contributed by atoms with E-state index in [4.69, 9.17) is 15.0 Å². The van der Waals surface area contributed by atoms with Crippen LogP contribution < -0.4 is 4.98 Å². The van der Waals surface area contributed by atoms with Crippen LogP contribution in [0.15, 0.2) is 146 Å². The molecule has 0 atom stereocenters. The van der Waals surface area contributed by atoms with Gasteiger partial charge in [0.15, 0.2) is 0 Å². The van der Waals surface area contributed by atoms with Crippen molar-refractivity contribution in [2.24, 2.45) is 0 Å². The first-order valence-corrected chi connectivity index (χ1v) is 16.1. The minimum Gasteiger partial charge on any atom is -0.656 e. The van der Waals surface area contributed by atoms with Gasteiger partial charge in [-0.1, -0.05) is 102 Å². The van der Waals surface area contributed by atoms with Crippen LogP contribution in [-0.4, -0.2) is 19.1 Å². The van der Waals surface area contributed by atoms with Gasteiger partial charge in [-0.2, -0.15) is 0 Å². The molecule has 0 aliphatic rings. The molecule has 0 radical (unpaired) electrons. The van der Waals surface area contributed by atoms with E-state index < -0.39 is 0 Å². The number of hydrogen-bond acceptors (Lipinski definition) is 2. The van der Waals surface area contributed by atoms with Gasteiger partial charge in [-0.25, -0.2) is 9.97 Å².